The highest BCUT2D eigenvalue weighted by Crippen LogP contribution is 2.45. The van der Waals surface area contributed by atoms with Crippen LogP contribution >= 0.6 is 34.3 Å². The Balaban J connectivity index is 1.65. The molecule has 10 heteroatoms. The van der Waals surface area contributed by atoms with E-state index < -0.39 is 5.91 Å². The minimum absolute atomic E-state index is 0.167. The Hall–Kier alpha value is -3.92. The Morgan fingerprint density at radius 2 is 1.88 bits per heavy atom. The molecule has 1 amide bonds. The summed E-state index contributed by atoms with van der Waals surface area (Å²) in [5.41, 5.74) is 11.0. The standard InChI is InChI=1S/C30H26ClN3O4S2/c1-17-12-15-39-27(17)30(36)34-23-7-5-4-6-20(23)22(33-34)10-8-19-9-11-24(38-14-13-31)26(37-3)25(19)21-16-40-28(18(21)2)29(32)35/h4-12,15-16H,13-14H2,1-3H3,(H2,32,35)/b10-8+. The maximum atomic E-state index is 13.4. The normalized spacial score (nSPS) is 11.4. The first kappa shape index (κ1) is 27.6. The third-order valence-corrected chi connectivity index (χ3v) is 8.77. The molecule has 0 saturated carbocycles. The number of amides is 1. The number of alkyl halides is 1. The Morgan fingerprint density at radius 1 is 1.07 bits per heavy atom. The zero-order valence-electron chi connectivity index (χ0n) is 22.1. The van der Waals surface area contributed by atoms with Crippen LogP contribution in [0.25, 0.3) is 34.2 Å². The summed E-state index contributed by atoms with van der Waals surface area (Å²) in [4.78, 5) is 26.5. The molecule has 40 heavy (non-hydrogen) atoms. The molecule has 204 valence electrons. The van der Waals surface area contributed by atoms with Crippen molar-refractivity contribution < 1.29 is 19.1 Å². The highest BCUT2D eigenvalue weighted by Gasteiger charge is 2.22. The Bertz CT molecular complexity index is 1770. The first-order valence-electron chi connectivity index (χ1n) is 12.4. The fourth-order valence-corrected chi connectivity index (χ4v) is 6.45. The fraction of sp³-hybridized carbons (Fsp3) is 0.167. The van der Waals surface area contributed by atoms with E-state index in [0.717, 1.165) is 38.7 Å². The number of para-hydroxylation sites is 1. The van der Waals surface area contributed by atoms with Crippen molar-refractivity contribution >= 4 is 69.1 Å². The summed E-state index contributed by atoms with van der Waals surface area (Å²) in [6.45, 7) is 4.09. The van der Waals surface area contributed by atoms with Crippen LogP contribution in [0.15, 0.2) is 53.2 Å². The van der Waals surface area contributed by atoms with Crippen molar-refractivity contribution in [2.75, 3.05) is 19.6 Å². The molecule has 0 bridgehead atoms. The molecule has 3 aromatic heterocycles. The van der Waals surface area contributed by atoms with Crippen LogP contribution in [0.1, 0.15) is 41.7 Å². The summed E-state index contributed by atoms with van der Waals surface area (Å²) >= 11 is 8.56. The van der Waals surface area contributed by atoms with Crippen molar-refractivity contribution in [1.82, 2.24) is 9.78 Å². The van der Waals surface area contributed by atoms with E-state index in [1.165, 1.54) is 27.4 Å². The number of fused-ring (bicyclic) bond motifs is 1. The number of hydrogen-bond donors (Lipinski definition) is 1. The number of methoxy groups -OCH3 is 1. The van der Waals surface area contributed by atoms with E-state index in [1.54, 1.807) is 7.11 Å². The molecule has 0 aliphatic carbocycles. The van der Waals surface area contributed by atoms with Gasteiger partial charge in [0, 0.05) is 16.5 Å². The maximum absolute atomic E-state index is 13.4. The lowest BCUT2D eigenvalue weighted by atomic mass is 9.96. The van der Waals surface area contributed by atoms with Gasteiger partial charge in [0.15, 0.2) is 11.5 Å². The number of benzene rings is 2. The summed E-state index contributed by atoms with van der Waals surface area (Å²) in [6.07, 6.45) is 3.80. The molecular formula is C30H26ClN3O4S2. The van der Waals surface area contributed by atoms with E-state index in [1.807, 2.05) is 79.2 Å². The van der Waals surface area contributed by atoms with Gasteiger partial charge in [-0.25, -0.2) is 0 Å². The quantitative estimate of drug-likeness (QED) is 0.186. The van der Waals surface area contributed by atoms with Gasteiger partial charge in [0.25, 0.3) is 11.8 Å². The van der Waals surface area contributed by atoms with Crippen LogP contribution in [-0.2, 0) is 0 Å². The van der Waals surface area contributed by atoms with Gasteiger partial charge in [0.1, 0.15) is 6.61 Å². The van der Waals surface area contributed by atoms with Crippen LogP contribution in [0.3, 0.4) is 0 Å². The first-order valence-corrected chi connectivity index (χ1v) is 14.7. The van der Waals surface area contributed by atoms with E-state index >= 15 is 0 Å². The zero-order chi connectivity index (χ0) is 28.4. The van der Waals surface area contributed by atoms with Gasteiger partial charge in [-0.3, -0.25) is 9.59 Å². The number of ether oxygens (including phenoxy) is 2. The molecule has 2 aromatic carbocycles. The monoisotopic (exact) mass is 591 g/mol. The average Bonchev–Trinajstić information content (AvgIpc) is 3.66. The molecule has 5 rings (SSSR count). The highest BCUT2D eigenvalue weighted by atomic mass is 35.5. The molecule has 0 aliphatic rings. The second-order valence-electron chi connectivity index (χ2n) is 8.95. The van der Waals surface area contributed by atoms with Gasteiger partial charge in [-0.15, -0.1) is 34.3 Å². The van der Waals surface area contributed by atoms with E-state index in [0.29, 0.717) is 39.4 Å². The fourth-order valence-electron chi connectivity index (χ4n) is 4.59. The molecular weight excluding hydrogens is 566 g/mol. The van der Waals surface area contributed by atoms with Crippen LogP contribution < -0.4 is 15.2 Å². The lowest BCUT2D eigenvalue weighted by molar-refractivity contribution is 0.0952. The molecule has 0 radical (unpaired) electrons. The van der Waals surface area contributed by atoms with Crippen molar-refractivity contribution in [2.45, 2.75) is 13.8 Å². The van der Waals surface area contributed by atoms with E-state index in [4.69, 9.17) is 31.9 Å². The smallest absolute Gasteiger partial charge is 0.289 e. The molecule has 3 heterocycles. The molecule has 0 spiro atoms. The van der Waals surface area contributed by atoms with E-state index in [-0.39, 0.29) is 5.91 Å². The summed E-state index contributed by atoms with van der Waals surface area (Å²) < 4.78 is 13.1. The molecule has 0 unspecified atom stereocenters. The van der Waals surface area contributed by atoms with Crippen molar-refractivity contribution in [3.8, 4) is 22.6 Å². The molecule has 0 fully saturated rings. The molecule has 7 nitrogen and oxygen atoms in total. The number of rotatable bonds is 9. The summed E-state index contributed by atoms with van der Waals surface area (Å²) in [7, 11) is 1.57. The van der Waals surface area contributed by atoms with Crippen LogP contribution in [0.4, 0.5) is 0 Å². The van der Waals surface area contributed by atoms with Crippen molar-refractivity contribution in [3.63, 3.8) is 0 Å². The molecule has 0 atom stereocenters. The predicted molar refractivity (Wildman–Crippen MR) is 163 cm³/mol. The summed E-state index contributed by atoms with van der Waals surface area (Å²) in [5, 5.41) is 9.35. The van der Waals surface area contributed by atoms with Gasteiger partial charge >= 0.3 is 0 Å². The summed E-state index contributed by atoms with van der Waals surface area (Å²) in [5.74, 6) is 0.723. The van der Waals surface area contributed by atoms with E-state index in [2.05, 4.69) is 0 Å². The first-order chi connectivity index (χ1) is 19.3. The Morgan fingerprint density at radius 3 is 2.55 bits per heavy atom. The third-order valence-electron chi connectivity index (χ3n) is 6.51. The number of aromatic nitrogens is 2. The number of nitrogens with zero attached hydrogens (tertiary/aromatic N) is 2. The average molecular weight is 592 g/mol. The number of halogens is 1. The minimum atomic E-state index is -0.484. The van der Waals surface area contributed by atoms with Gasteiger partial charge in [-0.1, -0.05) is 30.3 Å². The van der Waals surface area contributed by atoms with Crippen LogP contribution in [0.2, 0.25) is 0 Å². The number of carbonyl (C=O) groups excluding carboxylic acids is 2. The van der Waals surface area contributed by atoms with Crippen LogP contribution in [-0.4, -0.2) is 41.2 Å². The SMILES string of the molecule is COc1c(OCCCl)ccc(/C=C/c2nn(C(=O)c3sccc3C)c3ccccc23)c1-c1csc(C(N)=O)c1C. The number of thiophene rings is 2. The lowest BCUT2D eigenvalue weighted by Gasteiger charge is -2.17. The summed E-state index contributed by atoms with van der Waals surface area (Å²) in [6, 6.07) is 13.3. The molecule has 0 aliphatic heterocycles. The van der Waals surface area contributed by atoms with Gasteiger partial charge in [0.2, 0.25) is 0 Å². The van der Waals surface area contributed by atoms with Crippen molar-refractivity contribution in [3.05, 3.63) is 85.4 Å². The second kappa shape index (κ2) is 11.7. The van der Waals surface area contributed by atoms with E-state index in [9.17, 15) is 9.59 Å². The van der Waals surface area contributed by atoms with Crippen molar-refractivity contribution in [2.24, 2.45) is 5.73 Å². The van der Waals surface area contributed by atoms with Gasteiger partial charge in [0.05, 0.1) is 34.0 Å². The van der Waals surface area contributed by atoms with Crippen LogP contribution in [0.5, 0.6) is 11.5 Å². The number of primary amides is 1. The zero-order valence-corrected chi connectivity index (χ0v) is 24.5. The maximum Gasteiger partial charge on any atom is 0.289 e. The van der Waals surface area contributed by atoms with Gasteiger partial charge in [-0.05, 0) is 65.6 Å². The largest absolute Gasteiger partial charge is 0.492 e. The van der Waals surface area contributed by atoms with Crippen LogP contribution in [0, 0.1) is 13.8 Å². The molecule has 5 aromatic rings. The lowest BCUT2D eigenvalue weighted by Crippen LogP contribution is -2.13. The highest BCUT2D eigenvalue weighted by molar-refractivity contribution is 7.12. The third kappa shape index (κ3) is 5.03. The van der Waals surface area contributed by atoms with Gasteiger partial charge in [-0.2, -0.15) is 9.78 Å². The topological polar surface area (TPSA) is 96.4 Å². The number of hydrogen-bond acceptors (Lipinski definition) is 7. The number of nitrogens with two attached hydrogens (primary N) is 1. The number of aryl methyl sites for hydroxylation is 1. The van der Waals surface area contributed by atoms with Gasteiger partial charge < -0.3 is 15.2 Å². The Kier molecular flexibility index (Phi) is 8.07. The Labute approximate surface area is 244 Å². The molecule has 0 saturated heterocycles. The number of carbonyl (C=O) groups is 2. The minimum Gasteiger partial charge on any atom is -0.492 e. The predicted octanol–water partition coefficient (Wildman–Crippen LogP) is 7.03. The van der Waals surface area contributed by atoms with Crippen molar-refractivity contribution in [1.29, 1.82) is 0 Å². The second-order valence-corrected chi connectivity index (χ2v) is 11.1. The molecule has 2 N–H and O–H groups in total.